The number of likely N-dealkylation sites (N-methyl/N-ethyl adjacent to an activating group) is 1. The van der Waals surface area contributed by atoms with Crippen LogP contribution < -0.4 is 16.2 Å². The summed E-state index contributed by atoms with van der Waals surface area (Å²) in [5.41, 5.74) is 1.92. The molecule has 3 aromatic rings. The number of rotatable bonds is 10. The lowest BCUT2D eigenvalue weighted by molar-refractivity contribution is 0.148. The largest absolute Gasteiger partial charge is 0.395 e. The fourth-order valence-electron chi connectivity index (χ4n) is 5.79. The summed E-state index contributed by atoms with van der Waals surface area (Å²) in [6.07, 6.45) is 6.76. The van der Waals surface area contributed by atoms with E-state index < -0.39 is 0 Å². The minimum Gasteiger partial charge on any atom is -0.395 e. The third-order valence-electron chi connectivity index (χ3n) is 7.95. The number of aliphatic hydroxyl groups is 1. The maximum absolute atomic E-state index is 14.1. The van der Waals surface area contributed by atoms with Gasteiger partial charge in [0, 0.05) is 74.9 Å². The summed E-state index contributed by atoms with van der Waals surface area (Å²) in [4.78, 5) is 28.4. The Morgan fingerprint density at radius 2 is 1.92 bits per heavy atom. The summed E-state index contributed by atoms with van der Waals surface area (Å²) in [6, 6.07) is 6.69. The van der Waals surface area contributed by atoms with Crippen LogP contribution in [0, 0.1) is 0 Å². The molecule has 3 N–H and O–H groups in total. The van der Waals surface area contributed by atoms with Crippen molar-refractivity contribution in [2.75, 3.05) is 58.2 Å². The van der Waals surface area contributed by atoms with E-state index >= 15 is 0 Å². The van der Waals surface area contributed by atoms with Gasteiger partial charge in [0.25, 0.3) is 5.56 Å². The van der Waals surface area contributed by atoms with Crippen LogP contribution in [-0.2, 0) is 6.54 Å². The van der Waals surface area contributed by atoms with Crippen LogP contribution in [0.2, 0.25) is 0 Å². The fraction of sp³-hybridized carbons (Fsp3) is 0.607. The zero-order valence-corrected chi connectivity index (χ0v) is 22.2. The topological polar surface area (TPSA) is 98.6 Å². The molecule has 1 saturated carbocycles. The molecule has 9 heteroatoms. The van der Waals surface area contributed by atoms with Gasteiger partial charge in [-0.25, -0.2) is 4.98 Å². The maximum Gasteiger partial charge on any atom is 0.260 e. The molecule has 0 radical (unpaired) electrons. The van der Waals surface area contributed by atoms with E-state index in [1.165, 1.54) is 5.56 Å². The molecule has 3 heterocycles. The average Bonchev–Trinajstić information content (AvgIpc) is 3.37. The lowest BCUT2D eigenvalue weighted by atomic mass is 10.0. The van der Waals surface area contributed by atoms with E-state index in [2.05, 4.69) is 57.6 Å². The van der Waals surface area contributed by atoms with E-state index in [4.69, 9.17) is 4.98 Å². The van der Waals surface area contributed by atoms with Crippen molar-refractivity contribution in [3.05, 3.63) is 40.3 Å². The van der Waals surface area contributed by atoms with Gasteiger partial charge in [-0.1, -0.05) is 25.5 Å². The Bertz CT molecular complexity index is 1270. The van der Waals surface area contributed by atoms with Gasteiger partial charge in [-0.2, -0.15) is 4.98 Å². The second-order valence-electron chi connectivity index (χ2n) is 10.7. The number of fused-ring (bicyclic) bond motifs is 3. The number of pyridine rings is 1. The van der Waals surface area contributed by atoms with Gasteiger partial charge >= 0.3 is 0 Å². The highest BCUT2D eigenvalue weighted by atomic mass is 16.3. The Morgan fingerprint density at radius 3 is 2.70 bits per heavy atom. The average molecular weight is 508 g/mol. The van der Waals surface area contributed by atoms with Gasteiger partial charge in [0.05, 0.1) is 6.61 Å². The second kappa shape index (κ2) is 11.9. The number of piperazine rings is 1. The number of aromatic nitrogens is 3. The Hall–Kier alpha value is -2.59. The number of nitrogens with zero attached hydrogens (tertiary/aromatic N) is 5. The molecule has 0 amide bonds. The molecule has 1 aliphatic carbocycles. The van der Waals surface area contributed by atoms with Crippen molar-refractivity contribution in [3.63, 3.8) is 0 Å². The summed E-state index contributed by atoms with van der Waals surface area (Å²) < 4.78 is 1.94. The number of anilines is 1. The van der Waals surface area contributed by atoms with Crippen LogP contribution in [0.5, 0.6) is 0 Å². The minimum atomic E-state index is 0.0359. The number of unbranched alkanes of at least 4 members (excludes halogenated alkanes) is 1. The molecule has 2 aromatic heterocycles. The van der Waals surface area contributed by atoms with Crippen LogP contribution in [0.15, 0.2) is 29.2 Å². The van der Waals surface area contributed by atoms with Gasteiger partial charge in [-0.3, -0.25) is 14.3 Å². The van der Waals surface area contributed by atoms with Crippen molar-refractivity contribution in [2.24, 2.45) is 0 Å². The summed E-state index contributed by atoms with van der Waals surface area (Å²) in [6.45, 7) is 8.76. The summed E-state index contributed by atoms with van der Waals surface area (Å²) in [7, 11) is 2.17. The molecule has 0 bridgehead atoms. The van der Waals surface area contributed by atoms with E-state index in [0.29, 0.717) is 24.2 Å². The van der Waals surface area contributed by atoms with E-state index in [1.807, 2.05) is 10.8 Å². The molecule has 0 spiro atoms. The monoisotopic (exact) mass is 507 g/mol. The molecule has 200 valence electrons. The molecule has 9 nitrogen and oxygen atoms in total. The summed E-state index contributed by atoms with van der Waals surface area (Å²) >= 11 is 0. The quantitative estimate of drug-likeness (QED) is 0.285. The smallest absolute Gasteiger partial charge is 0.260 e. The van der Waals surface area contributed by atoms with E-state index in [0.717, 1.165) is 87.5 Å². The van der Waals surface area contributed by atoms with Crippen molar-refractivity contribution in [1.29, 1.82) is 0 Å². The Balaban J connectivity index is 1.54. The predicted molar refractivity (Wildman–Crippen MR) is 149 cm³/mol. The van der Waals surface area contributed by atoms with Crippen LogP contribution in [0.3, 0.4) is 0 Å². The van der Waals surface area contributed by atoms with Gasteiger partial charge in [0.15, 0.2) is 0 Å². The Morgan fingerprint density at radius 1 is 1.08 bits per heavy atom. The fourth-order valence-corrected chi connectivity index (χ4v) is 5.79. The van der Waals surface area contributed by atoms with Crippen molar-refractivity contribution < 1.29 is 5.11 Å². The number of benzene rings is 1. The van der Waals surface area contributed by atoms with Crippen LogP contribution in [0.1, 0.15) is 50.6 Å². The van der Waals surface area contributed by atoms with Crippen LogP contribution in [-0.4, -0.2) is 88.4 Å². The highest BCUT2D eigenvalue weighted by molar-refractivity contribution is 6.04. The zero-order chi connectivity index (χ0) is 25.8. The zero-order valence-electron chi connectivity index (χ0n) is 22.2. The van der Waals surface area contributed by atoms with Gasteiger partial charge in [0.2, 0.25) is 5.95 Å². The summed E-state index contributed by atoms with van der Waals surface area (Å²) in [5.74, 6) is 0.577. The van der Waals surface area contributed by atoms with Crippen molar-refractivity contribution >= 4 is 27.8 Å². The molecule has 2 fully saturated rings. The van der Waals surface area contributed by atoms with Crippen molar-refractivity contribution in [3.8, 4) is 0 Å². The second-order valence-corrected chi connectivity index (χ2v) is 10.7. The molecular formula is C28H41N7O2. The first-order valence-corrected chi connectivity index (χ1v) is 13.9. The van der Waals surface area contributed by atoms with Crippen molar-refractivity contribution in [1.82, 2.24) is 29.7 Å². The third kappa shape index (κ3) is 5.80. The van der Waals surface area contributed by atoms with Crippen LogP contribution >= 0.6 is 0 Å². The third-order valence-corrected chi connectivity index (χ3v) is 7.95. The first-order chi connectivity index (χ1) is 18.1. The van der Waals surface area contributed by atoms with E-state index in [9.17, 15) is 9.90 Å². The molecule has 1 aliphatic heterocycles. The molecule has 2 aliphatic rings. The van der Waals surface area contributed by atoms with E-state index in [1.54, 1.807) is 0 Å². The highest BCUT2D eigenvalue weighted by Crippen LogP contribution is 2.33. The normalized spacial score (nSPS) is 21.3. The number of hydrogen-bond donors (Lipinski definition) is 3. The summed E-state index contributed by atoms with van der Waals surface area (Å²) in [5, 5.41) is 18.6. The SMILES string of the molecule is CCCCNc1ncc2c3ccc(CN4CCN(C)CC4)cc3c(=O)n([C@H]3CC[C@H](NCCO)C3)c2n1. The molecule has 2 atom stereocenters. The highest BCUT2D eigenvalue weighted by Gasteiger charge is 2.29. The number of aliphatic hydroxyl groups excluding tert-OH is 1. The van der Waals surface area contributed by atoms with Gasteiger partial charge < -0.3 is 20.6 Å². The molecular weight excluding hydrogens is 466 g/mol. The Kier molecular flexibility index (Phi) is 8.34. The number of nitrogens with one attached hydrogen (secondary N) is 2. The lowest BCUT2D eigenvalue weighted by Crippen LogP contribution is -2.43. The predicted octanol–water partition coefficient (Wildman–Crippen LogP) is 2.58. The van der Waals surface area contributed by atoms with Gasteiger partial charge in [-0.15, -0.1) is 0 Å². The lowest BCUT2D eigenvalue weighted by Gasteiger charge is -2.32. The number of hydrogen-bond acceptors (Lipinski definition) is 8. The molecule has 5 rings (SSSR count). The molecule has 1 saturated heterocycles. The maximum atomic E-state index is 14.1. The van der Waals surface area contributed by atoms with Crippen molar-refractivity contribution in [2.45, 2.75) is 57.7 Å². The standard InChI is InChI=1S/C28H41N7O2/c1-3-4-9-30-28-31-18-25-23-8-5-20(19-34-13-11-33(2)12-14-34)16-24(23)27(37)35(26(25)32-28)22-7-6-21(17-22)29-10-15-36/h5,8,16,18,21-22,29,36H,3-4,6-7,9-15,17,19H2,1-2H3,(H,30,31,32)/t21-,22-/m0/s1. The van der Waals surface area contributed by atoms with Crippen LogP contribution in [0.4, 0.5) is 5.95 Å². The van der Waals surface area contributed by atoms with E-state index in [-0.39, 0.29) is 18.2 Å². The first-order valence-electron chi connectivity index (χ1n) is 13.9. The molecule has 0 unspecified atom stereocenters. The van der Waals surface area contributed by atoms with Crippen LogP contribution in [0.25, 0.3) is 21.8 Å². The molecule has 37 heavy (non-hydrogen) atoms. The minimum absolute atomic E-state index is 0.0359. The first kappa shape index (κ1) is 26.0. The molecule has 1 aromatic carbocycles. The van der Waals surface area contributed by atoms with Gasteiger partial charge in [-0.05, 0) is 49.7 Å². The van der Waals surface area contributed by atoms with Gasteiger partial charge in [0.1, 0.15) is 5.65 Å². The Labute approximate surface area is 218 Å².